The van der Waals surface area contributed by atoms with Crippen LogP contribution in [0.5, 0.6) is 5.75 Å². The summed E-state index contributed by atoms with van der Waals surface area (Å²) in [7, 11) is -4.89. The molecule has 1 aromatic carbocycles. The van der Waals surface area contributed by atoms with Gasteiger partial charge >= 0.3 is 33.9 Å². The number of hydrogen-bond donors (Lipinski definition) is 1. The summed E-state index contributed by atoms with van der Waals surface area (Å²) >= 11 is 0. The van der Waals surface area contributed by atoms with E-state index in [1.807, 2.05) is 0 Å². The van der Waals surface area contributed by atoms with Crippen LogP contribution in [0.3, 0.4) is 0 Å². The first-order chi connectivity index (χ1) is 16.7. The van der Waals surface area contributed by atoms with Crippen molar-refractivity contribution in [3.63, 3.8) is 0 Å². The number of carbonyl (C=O) groups is 1. The normalized spacial score (nSPS) is 12.5. The monoisotopic (exact) mass is 574 g/mol. The molecule has 37 heavy (non-hydrogen) atoms. The van der Waals surface area contributed by atoms with E-state index in [0.29, 0.717) is 13.2 Å². The predicted octanol–water partition coefficient (Wildman–Crippen LogP) is 3.85. The molecule has 2 rings (SSSR count). The van der Waals surface area contributed by atoms with E-state index in [1.165, 1.54) is 0 Å². The fourth-order valence-corrected chi connectivity index (χ4v) is 2.48. The van der Waals surface area contributed by atoms with Crippen LogP contribution in [0.15, 0.2) is 35.1 Å². The summed E-state index contributed by atoms with van der Waals surface area (Å²) in [5.74, 6) is -2.22. The van der Waals surface area contributed by atoms with Crippen LogP contribution in [-0.2, 0) is 20.7 Å². The molecule has 1 N–H and O–H groups in total. The molecule has 0 fully saturated rings. The van der Waals surface area contributed by atoms with Crippen molar-refractivity contribution in [1.29, 1.82) is 0 Å². The summed E-state index contributed by atoms with van der Waals surface area (Å²) in [4.78, 5) is 26.8. The Balaban J connectivity index is 0.000000649. The number of aromatic nitrogens is 2. The third kappa shape index (κ3) is 10.3. The molecule has 0 aliphatic rings. The van der Waals surface area contributed by atoms with Gasteiger partial charge in [-0.1, -0.05) is 0 Å². The van der Waals surface area contributed by atoms with Gasteiger partial charge in [-0.15, -0.1) is 0 Å². The Hall–Kier alpha value is -3.35. The quantitative estimate of drug-likeness (QED) is 0.301. The minimum absolute atomic E-state index is 0.00836. The van der Waals surface area contributed by atoms with Gasteiger partial charge < -0.3 is 9.84 Å². The highest BCUT2D eigenvalue weighted by atomic mass is 32.2. The van der Waals surface area contributed by atoms with Crippen molar-refractivity contribution in [3.05, 3.63) is 52.2 Å². The van der Waals surface area contributed by atoms with E-state index in [1.54, 1.807) is 0 Å². The van der Waals surface area contributed by atoms with E-state index in [-0.39, 0.29) is 11.4 Å². The molecule has 0 unspecified atom stereocenters. The van der Waals surface area contributed by atoms with Crippen LogP contribution in [0.25, 0.3) is 5.69 Å². The zero-order chi connectivity index (χ0) is 28.8. The van der Waals surface area contributed by atoms with Crippen LogP contribution in [-0.4, -0.2) is 60.6 Å². The first kappa shape index (κ1) is 31.7. The number of halogens is 9. The van der Waals surface area contributed by atoms with Crippen molar-refractivity contribution < 1.29 is 66.8 Å². The summed E-state index contributed by atoms with van der Waals surface area (Å²) in [6.07, 6.45) is -11.3. The molecule has 0 spiro atoms. The standard InChI is InChI=1S/C16H12F6N2O4.C2H3F3O3S/c17-15(18,19)6-5-12-23-11(14(26)27)7-13(25)24(12)9-1-3-10(4-2-9)28-8-16(20,21)22;1-8-9(6,7)2(3,4)5/h1-4,7H,5-6,8H2,(H,26,27);1H3. The molecule has 0 saturated carbocycles. The Kier molecular flexibility index (Phi) is 10.1. The van der Waals surface area contributed by atoms with Crippen molar-refractivity contribution >= 4 is 16.1 Å². The Morgan fingerprint density at radius 2 is 1.54 bits per heavy atom. The molecule has 1 aromatic heterocycles. The number of ether oxygens (including phenoxy) is 1. The number of aryl methyl sites for hydroxylation is 1. The molecule has 0 saturated heterocycles. The van der Waals surface area contributed by atoms with Crippen molar-refractivity contribution in [3.8, 4) is 11.4 Å². The number of aromatic carboxylic acids is 1. The van der Waals surface area contributed by atoms with Gasteiger partial charge in [0.2, 0.25) is 0 Å². The van der Waals surface area contributed by atoms with Gasteiger partial charge in [0.25, 0.3) is 5.56 Å². The molecule has 0 amide bonds. The van der Waals surface area contributed by atoms with Crippen molar-refractivity contribution in [1.82, 2.24) is 9.55 Å². The van der Waals surface area contributed by atoms with E-state index in [0.717, 1.165) is 28.8 Å². The zero-order valence-electron chi connectivity index (χ0n) is 18.1. The Bertz CT molecular complexity index is 1240. The van der Waals surface area contributed by atoms with Crippen LogP contribution in [0, 0.1) is 0 Å². The van der Waals surface area contributed by atoms with Gasteiger partial charge in [-0.05, 0) is 24.3 Å². The molecule has 208 valence electrons. The smallest absolute Gasteiger partial charge is 0.484 e. The van der Waals surface area contributed by atoms with Gasteiger partial charge in [-0.2, -0.15) is 47.9 Å². The zero-order valence-corrected chi connectivity index (χ0v) is 18.9. The van der Waals surface area contributed by atoms with Crippen molar-refractivity contribution in [2.75, 3.05) is 13.7 Å². The molecule has 1 heterocycles. The fourth-order valence-electron chi connectivity index (χ4n) is 2.29. The van der Waals surface area contributed by atoms with Gasteiger partial charge in [0.1, 0.15) is 11.6 Å². The van der Waals surface area contributed by atoms with E-state index >= 15 is 0 Å². The summed E-state index contributed by atoms with van der Waals surface area (Å²) in [6, 6.07) is 5.10. The van der Waals surface area contributed by atoms with Gasteiger partial charge in [0.15, 0.2) is 12.3 Å². The first-order valence-electron chi connectivity index (χ1n) is 9.27. The Labute approximate surface area is 201 Å². The Morgan fingerprint density at radius 1 is 1.00 bits per heavy atom. The largest absolute Gasteiger partial charge is 0.523 e. The van der Waals surface area contributed by atoms with E-state index in [2.05, 4.69) is 13.9 Å². The lowest BCUT2D eigenvalue weighted by Gasteiger charge is -2.14. The molecule has 0 atom stereocenters. The summed E-state index contributed by atoms with van der Waals surface area (Å²) in [6.45, 7) is -1.54. The maximum absolute atomic E-state index is 12.5. The van der Waals surface area contributed by atoms with Crippen LogP contribution in [0.4, 0.5) is 39.5 Å². The van der Waals surface area contributed by atoms with Gasteiger partial charge in [-0.3, -0.25) is 13.5 Å². The highest BCUT2D eigenvalue weighted by molar-refractivity contribution is 7.87. The third-order valence-corrected chi connectivity index (χ3v) is 4.85. The second-order valence-corrected chi connectivity index (χ2v) is 8.32. The van der Waals surface area contributed by atoms with Crippen LogP contribution in [0.2, 0.25) is 0 Å². The average molecular weight is 574 g/mol. The van der Waals surface area contributed by atoms with E-state index in [9.17, 15) is 57.5 Å². The van der Waals surface area contributed by atoms with E-state index in [4.69, 9.17) is 5.11 Å². The molecular weight excluding hydrogens is 559 g/mol. The molecule has 2 aromatic rings. The summed E-state index contributed by atoms with van der Waals surface area (Å²) < 4.78 is 135. The molecule has 0 aliphatic heterocycles. The molecular formula is C18H15F9N2O7S. The fraction of sp³-hybridized carbons (Fsp3) is 0.389. The number of hydrogen-bond acceptors (Lipinski definition) is 7. The molecule has 0 aliphatic carbocycles. The lowest BCUT2D eigenvalue weighted by Crippen LogP contribution is -2.26. The van der Waals surface area contributed by atoms with E-state index < -0.39 is 70.5 Å². The lowest BCUT2D eigenvalue weighted by molar-refractivity contribution is -0.153. The Morgan fingerprint density at radius 3 is 1.92 bits per heavy atom. The minimum atomic E-state index is -5.34. The highest BCUT2D eigenvalue weighted by Gasteiger charge is 2.46. The third-order valence-electron chi connectivity index (χ3n) is 3.84. The SMILES string of the molecule is COS(=O)(=O)C(F)(F)F.O=C(O)c1cc(=O)n(-c2ccc(OCC(F)(F)F)cc2)c(CCC(F)(F)F)n1. The number of nitrogens with zero attached hydrogens (tertiary/aromatic N) is 2. The number of carboxylic acids is 1. The average Bonchev–Trinajstić information content (AvgIpc) is 2.75. The highest BCUT2D eigenvalue weighted by Crippen LogP contribution is 2.24. The second kappa shape index (κ2) is 11.8. The van der Waals surface area contributed by atoms with Crippen LogP contribution in [0.1, 0.15) is 22.7 Å². The second-order valence-electron chi connectivity index (χ2n) is 6.62. The topological polar surface area (TPSA) is 125 Å². The van der Waals surface area contributed by atoms with Crippen molar-refractivity contribution in [2.45, 2.75) is 30.7 Å². The molecule has 19 heteroatoms. The van der Waals surface area contributed by atoms with Gasteiger partial charge in [0.05, 0.1) is 19.2 Å². The number of carboxylic acid groups (broad SMARTS) is 1. The number of rotatable bonds is 7. The van der Waals surface area contributed by atoms with Gasteiger partial charge in [-0.25, -0.2) is 9.78 Å². The summed E-state index contributed by atoms with van der Waals surface area (Å²) in [5.41, 5.74) is -6.98. The van der Waals surface area contributed by atoms with Crippen molar-refractivity contribution in [2.24, 2.45) is 0 Å². The van der Waals surface area contributed by atoms with Crippen LogP contribution < -0.4 is 10.3 Å². The maximum atomic E-state index is 12.5. The predicted molar refractivity (Wildman–Crippen MR) is 105 cm³/mol. The number of alkyl halides is 9. The lowest BCUT2D eigenvalue weighted by atomic mass is 10.2. The molecule has 0 bridgehead atoms. The summed E-state index contributed by atoms with van der Waals surface area (Å²) in [5, 5.41) is 8.94. The molecule has 0 radical (unpaired) electrons. The number of benzene rings is 1. The first-order valence-corrected chi connectivity index (χ1v) is 10.7. The minimum Gasteiger partial charge on any atom is -0.484 e. The maximum Gasteiger partial charge on any atom is 0.523 e. The molecule has 9 nitrogen and oxygen atoms in total. The van der Waals surface area contributed by atoms with Crippen LogP contribution >= 0.6 is 0 Å². The van der Waals surface area contributed by atoms with Gasteiger partial charge in [0, 0.05) is 12.5 Å².